The zero-order valence-corrected chi connectivity index (χ0v) is 17.0. The summed E-state index contributed by atoms with van der Waals surface area (Å²) in [6.07, 6.45) is 3.67. The third-order valence-corrected chi connectivity index (χ3v) is 7.25. The SMILES string of the molecule is O=c1oc2cc(S(=O)(=O)Nc3ncns3)c(F)cc2n1C1CCCc2ccccc21. The van der Waals surface area contributed by atoms with Gasteiger partial charge in [-0.15, -0.1) is 0 Å². The van der Waals surface area contributed by atoms with Crippen molar-refractivity contribution in [3.05, 3.63) is 70.2 Å². The Labute approximate surface area is 174 Å². The van der Waals surface area contributed by atoms with Gasteiger partial charge in [0.25, 0.3) is 10.0 Å². The van der Waals surface area contributed by atoms with Gasteiger partial charge in [-0.25, -0.2) is 22.6 Å². The van der Waals surface area contributed by atoms with Crippen LogP contribution in [0.15, 0.2) is 56.8 Å². The minimum absolute atomic E-state index is 0.00194. The highest BCUT2D eigenvalue weighted by Crippen LogP contribution is 2.35. The molecule has 2 heterocycles. The predicted octanol–water partition coefficient (Wildman–Crippen LogP) is 3.31. The molecule has 0 radical (unpaired) electrons. The summed E-state index contributed by atoms with van der Waals surface area (Å²) in [6.45, 7) is 0. The average Bonchev–Trinajstić information content (AvgIpc) is 3.33. The first-order valence-electron chi connectivity index (χ1n) is 9.16. The Balaban J connectivity index is 1.63. The molecule has 0 bridgehead atoms. The Hall–Kier alpha value is -3.05. The first-order valence-corrected chi connectivity index (χ1v) is 11.4. The number of aryl methyl sites for hydroxylation is 1. The average molecular weight is 446 g/mol. The quantitative estimate of drug-likeness (QED) is 0.515. The Morgan fingerprint density at radius 3 is 2.90 bits per heavy atom. The van der Waals surface area contributed by atoms with Crippen LogP contribution in [-0.2, 0) is 16.4 Å². The lowest BCUT2D eigenvalue weighted by Gasteiger charge is -2.26. The Bertz CT molecular complexity index is 1410. The number of sulfonamides is 1. The molecule has 2 aromatic heterocycles. The number of halogens is 1. The van der Waals surface area contributed by atoms with Gasteiger partial charge in [-0.3, -0.25) is 9.29 Å². The summed E-state index contributed by atoms with van der Waals surface area (Å²) >= 11 is 0.821. The van der Waals surface area contributed by atoms with Gasteiger partial charge in [-0.1, -0.05) is 24.3 Å². The summed E-state index contributed by atoms with van der Waals surface area (Å²) in [7, 11) is -4.27. The van der Waals surface area contributed by atoms with Gasteiger partial charge in [0, 0.05) is 23.7 Å². The molecular formula is C19H15FN4O4S2. The van der Waals surface area contributed by atoms with Crippen LogP contribution in [0.25, 0.3) is 11.1 Å². The molecule has 5 rings (SSSR count). The molecule has 11 heteroatoms. The number of fused-ring (bicyclic) bond motifs is 2. The minimum atomic E-state index is -4.27. The maximum Gasteiger partial charge on any atom is 0.420 e. The number of nitrogens with zero attached hydrogens (tertiary/aromatic N) is 3. The fraction of sp³-hybridized carbons (Fsp3) is 0.211. The molecule has 1 atom stereocenters. The Kier molecular flexibility index (Phi) is 4.44. The molecular weight excluding hydrogens is 431 g/mol. The second-order valence-corrected chi connectivity index (χ2v) is 9.38. The summed E-state index contributed by atoms with van der Waals surface area (Å²) in [5.41, 5.74) is 2.34. The summed E-state index contributed by atoms with van der Waals surface area (Å²) < 4.78 is 52.6. The van der Waals surface area contributed by atoms with Gasteiger partial charge in [-0.05, 0) is 30.4 Å². The zero-order valence-electron chi connectivity index (χ0n) is 15.4. The largest absolute Gasteiger partial charge is 0.420 e. The molecule has 0 amide bonds. The van der Waals surface area contributed by atoms with E-state index in [0.29, 0.717) is 6.42 Å². The molecule has 1 aliphatic carbocycles. The highest BCUT2D eigenvalue weighted by Gasteiger charge is 2.28. The van der Waals surface area contributed by atoms with Crippen molar-refractivity contribution in [2.75, 3.05) is 4.72 Å². The van der Waals surface area contributed by atoms with E-state index in [4.69, 9.17) is 4.42 Å². The summed E-state index contributed by atoms with van der Waals surface area (Å²) in [4.78, 5) is 15.8. The van der Waals surface area contributed by atoms with Crippen LogP contribution in [0.4, 0.5) is 9.52 Å². The van der Waals surface area contributed by atoms with Gasteiger partial charge in [0.05, 0.1) is 11.6 Å². The number of rotatable bonds is 4. The van der Waals surface area contributed by atoms with Crippen molar-refractivity contribution in [1.29, 1.82) is 0 Å². The van der Waals surface area contributed by atoms with Crippen LogP contribution in [-0.4, -0.2) is 22.3 Å². The van der Waals surface area contributed by atoms with Crippen LogP contribution in [0.5, 0.6) is 0 Å². The number of hydrogen-bond acceptors (Lipinski definition) is 7. The van der Waals surface area contributed by atoms with Gasteiger partial charge in [0.2, 0.25) is 5.13 Å². The fourth-order valence-corrected chi connectivity index (χ4v) is 5.66. The van der Waals surface area contributed by atoms with Gasteiger partial charge in [0.1, 0.15) is 17.0 Å². The molecule has 0 fully saturated rings. The van der Waals surface area contributed by atoms with Crippen LogP contribution >= 0.6 is 11.5 Å². The number of oxazole rings is 1. The third kappa shape index (κ3) is 3.10. The first kappa shape index (κ1) is 18.9. The monoisotopic (exact) mass is 446 g/mol. The number of aromatic nitrogens is 3. The van der Waals surface area contributed by atoms with E-state index in [1.165, 1.54) is 10.9 Å². The molecule has 0 saturated carbocycles. The van der Waals surface area contributed by atoms with Crippen molar-refractivity contribution in [1.82, 2.24) is 13.9 Å². The van der Waals surface area contributed by atoms with Crippen molar-refractivity contribution in [2.45, 2.75) is 30.2 Å². The van der Waals surface area contributed by atoms with Crippen LogP contribution in [0.2, 0.25) is 0 Å². The van der Waals surface area contributed by atoms with Crippen LogP contribution in [0.3, 0.4) is 0 Å². The normalized spacial score (nSPS) is 16.5. The maximum atomic E-state index is 14.9. The van der Waals surface area contributed by atoms with Gasteiger partial charge < -0.3 is 4.42 Å². The van der Waals surface area contributed by atoms with Crippen LogP contribution in [0.1, 0.15) is 30.0 Å². The molecule has 1 N–H and O–H groups in total. The topological polar surface area (TPSA) is 107 Å². The highest BCUT2D eigenvalue weighted by atomic mass is 32.2. The van der Waals surface area contributed by atoms with Crippen molar-refractivity contribution >= 4 is 37.8 Å². The second-order valence-electron chi connectivity index (χ2n) is 6.95. The summed E-state index contributed by atoms with van der Waals surface area (Å²) in [5, 5.41) is 0.00679. The van der Waals surface area contributed by atoms with Gasteiger partial charge >= 0.3 is 5.76 Å². The molecule has 0 aliphatic heterocycles. The molecule has 30 heavy (non-hydrogen) atoms. The van der Waals surface area contributed by atoms with Crippen molar-refractivity contribution < 1.29 is 17.2 Å². The molecule has 8 nitrogen and oxygen atoms in total. The van der Waals surface area contributed by atoms with E-state index >= 15 is 0 Å². The standard InChI is InChI=1S/C19H15FN4O4S2/c20-13-8-15-16(9-17(13)30(26,27)23-18-21-10-22-29-18)28-19(25)24(15)14-7-3-5-11-4-1-2-6-12(11)14/h1-2,4,6,8-10,14H,3,5,7H2,(H,21,22,23). The lowest BCUT2D eigenvalue weighted by Crippen LogP contribution is -2.25. The van der Waals surface area contributed by atoms with E-state index in [2.05, 4.69) is 14.1 Å². The minimum Gasteiger partial charge on any atom is -0.408 e. The summed E-state index contributed by atoms with van der Waals surface area (Å²) in [5.74, 6) is -1.64. The van der Waals surface area contributed by atoms with E-state index in [9.17, 15) is 17.6 Å². The van der Waals surface area contributed by atoms with E-state index in [1.54, 1.807) is 0 Å². The Morgan fingerprint density at radius 1 is 1.27 bits per heavy atom. The van der Waals surface area contributed by atoms with E-state index < -0.39 is 26.5 Å². The lowest BCUT2D eigenvalue weighted by atomic mass is 9.87. The van der Waals surface area contributed by atoms with E-state index in [0.717, 1.165) is 47.6 Å². The molecule has 4 aromatic rings. The molecule has 0 spiro atoms. The van der Waals surface area contributed by atoms with Crippen LogP contribution in [0, 0.1) is 5.82 Å². The van der Waals surface area contributed by atoms with E-state index in [-0.39, 0.29) is 22.3 Å². The molecule has 1 unspecified atom stereocenters. The van der Waals surface area contributed by atoms with Gasteiger partial charge in [-0.2, -0.15) is 4.37 Å². The molecule has 1 aliphatic rings. The lowest BCUT2D eigenvalue weighted by molar-refractivity contribution is 0.437. The summed E-state index contributed by atoms with van der Waals surface area (Å²) in [6, 6.07) is 9.57. The molecule has 154 valence electrons. The van der Waals surface area contributed by atoms with Crippen molar-refractivity contribution in [3.63, 3.8) is 0 Å². The van der Waals surface area contributed by atoms with E-state index in [1.807, 2.05) is 24.3 Å². The van der Waals surface area contributed by atoms with Crippen molar-refractivity contribution in [3.8, 4) is 0 Å². The number of anilines is 1. The highest BCUT2D eigenvalue weighted by molar-refractivity contribution is 7.93. The first-order chi connectivity index (χ1) is 14.4. The van der Waals surface area contributed by atoms with Crippen LogP contribution < -0.4 is 10.5 Å². The number of nitrogens with one attached hydrogen (secondary N) is 1. The maximum absolute atomic E-state index is 14.9. The third-order valence-electron chi connectivity index (χ3n) is 5.19. The Morgan fingerprint density at radius 2 is 2.10 bits per heavy atom. The van der Waals surface area contributed by atoms with Crippen molar-refractivity contribution in [2.24, 2.45) is 0 Å². The second kappa shape index (κ2) is 7.03. The van der Waals surface area contributed by atoms with Gasteiger partial charge in [0.15, 0.2) is 5.58 Å². The number of benzene rings is 2. The molecule has 0 saturated heterocycles. The predicted molar refractivity (Wildman–Crippen MR) is 109 cm³/mol. The molecule has 2 aromatic carbocycles. The fourth-order valence-electron chi connectivity index (χ4n) is 3.92. The zero-order chi connectivity index (χ0) is 20.9. The number of hydrogen-bond donors (Lipinski definition) is 1. The smallest absolute Gasteiger partial charge is 0.408 e.